The van der Waals surface area contributed by atoms with E-state index in [1.54, 1.807) is 14.6 Å². The standard InChI is InChI=1S/C10H20BO2S/c1-9(2,10(3,4)14)13-11-7-6-8-12-5/h6-7,14H,8H2,1-5H3/b7-6+. The zero-order valence-corrected chi connectivity index (χ0v) is 10.6. The molecule has 0 spiro atoms. The molecule has 0 fully saturated rings. The second-order valence-corrected chi connectivity index (χ2v) is 5.32. The van der Waals surface area contributed by atoms with E-state index in [1.807, 2.05) is 39.7 Å². The summed E-state index contributed by atoms with van der Waals surface area (Å²) in [5, 5.41) is 0. The van der Waals surface area contributed by atoms with E-state index in [-0.39, 0.29) is 10.3 Å². The highest BCUT2D eigenvalue weighted by atomic mass is 32.1. The average Bonchev–Trinajstić information content (AvgIpc) is 2.02. The van der Waals surface area contributed by atoms with Gasteiger partial charge in [-0.1, -0.05) is 12.1 Å². The zero-order chi connectivity index (χ0) is 11.2. The summed E-state index contributed by atoms with van der Waals surface area (Å²) in [7, 11) is 3.34. The third kappa shape index (κ3) is 5.08. The molecule has 0 amide bonds. The Morgan fingerprint density at radius 3 is 2.29 bits per heavy atom. The van der Waals surface area contributed by atoms with E-state index in [4.69, 9.17) is 9.39 Å². The lowest BCUT2D eigenvalue weighted by Gasteiger charge is -2.37. The van der Waals surface area contributed by atoms with Crippen molar-refractivity contribution in [2.45, 2.75) is 38.0 Å². The van der Waals surface area contributed by atoms with Crippen LogP contribution in [0.25, 0.3) is 0 Å². The van der Waals surface area contributed by atoms with Crippen molar-refractivity contribution < 1.29 is 9.39 Å². The second kappa shape index (κ2) is 5.84. The summed E-state index contributed by atoms with van der Waals surface area (Å²) in [5.41, 5.74) is -0.298. The minimum atomic E-state index is -0.298. The largest absolute Gasteiger partial charge is 0.429 e. The summed E-state index contributed by atoms with van der Waals surface area (Å²) in [5.74, 6) is 1.84. The Morgan fingerprint density at radius 2 is 1.86 bits per heavy atom. The Labute approximate surface area is 93.7 Å². The molecule has 0 atom stereocenters. The van der Waals surface area contributed by atoms with Gasteiger partial charge in [0.05, 0.1) is 12.2 Å². The molecule has 4 heteroatoms. The monoisotopic (exact) mass is 215 g/mol. The van der Waals surface area contributed by atoms with Crippen LogP contribution in [0.2, 0.25) is 0 Å². The van der Waals surface area contributed by atoms with E-state index in [9.17, 15) is 0 Å². The molecule has 0 aliphatic carbocycles. The van der Waals surface area contributed by atoms with E-state index < -0.39 is 0 Å². The van der Waals surface area contributed by atoms with Crippen LogP contribution in [-0.4, -0.2) is 31.5 Å². The van der Waals surface area contributed by atoms with Gasteiger partial charge < -0.3 is 9.39 Å². The molecule has 0 heterocycles. The molecular weight excluding hydrogens is 195 g/mol. The predicted molar refractivity (Wildman–Crippen MR) is 65.0 cm³/mol. The fourth-order valence-electron chi connectivity index (χ4n) is 0.561. The van der Waals surface area contributed by atoms with Gasteiger partial charge in [-0.3, -0.25) is 0 Å². The molecule has 2 nitrogen and oxygen atoms in total. The molecule has 0 aliphatic rings. The number of ether oxygens (including phenoxy) is 1. The van der Waals surface area contributed by atoms with Crippen molar-refractivity contribution in [3.8, 4) is 0 Å². The number of hydrogen-bond acceptors (Lipinski definition) is 3. The van der Waals surface area contributed by atoms with Gasteiger partial charge in [-0.05, 0) is 27.7 Å². The van der Waals surface area contributed by atoms with Crippen LogP contribution in [0.3, 0.4) is 0 Å². The highest BCUT2D eigenvalue weighted by Crippen LogP contribution is 2.30. The minimum Gasteiger partial charge on any atom is -0.429 e. The quantitative estimate of drug-likeness (QED) is 0.541. The molecule has 0 aromatic heterocycles. The van der Waals surface area contributed by atoms with Crippen molar-refractivity contribution >= 4 is 20.1 Å². The highest BCUT2D eigenvalue weighted by molar-refractivity contribution is 7.81. The first kappa shape index (κ1) is 14.1. The summed E-state index contributed by atoms with van der Waals surface area (Å²) in [6.07, 6.45) is 1.89. The summed E-state index contributed by atoms with van der Waals surface area (Å²) >= 11 is 4.48. The van der Waals surface area contributed by atoms with Gasteiger partial charge >= 0.3 is 7.48 Å². The van der Waals surface area contributed by atoms with Crippen molar-refractivity contribution in [2.75, 3.05) is 13.7 Å². The first-order valence-corrected chi connectivity index (χ1v) is 5.13. The van der Waals surface area contributed by atoms with Gasteiger partial charge in [0.25, 0.3) is 0 Å². The molecule has 0 rings (SSSR count). The Morgan fingerprint density at radius 1 is 1.29 bits per heavy atom. The van der Waals surface area contributed by atoms with Gasteiger partial charge in [0.15, 0.2) is 0 Å². The van der Waals surface area contributed by atoms with Crippen molar-refractivity contribution in [1.29, 1.82) is 0 Å². The average molecular weight is 215 g/mol. The molecule has 0 saturated carbocycles. The molecule has 14 heavy (non-hydrogen) atoms. The lowest BCUT2D eigenvalue weighted by atomic mass is 9.89. The molecule has 0 N–H and O–H groups in total. The normalized spacial score (nSPS) is 13.6. The Hall–Kier alpha value is 0.0749. The lowest BCUT2D eigenvalue weighted by Crippen LogP contribution is -2.43. The molecule has 0 unspecified atom stereocenters. The SMILES string of the molecule is COC/C=C/[B]OC(C)(C)C(C)(C)S. The fraction of sp³-hybridized carbons (Fsp3) is 0.800. The Balaban J connectivity index is 3.89. The van der Waals surface area contributed by atoms with Crippen LogP contribution in [0.5, 0.6) is 0 Å². The second-order valence-electron chi connectivity index (χ2n) is 4.21. The molecule has 81 valence electrons. The van der Waals surface area contributed by atoms with Crippen molar-refractivity contribution in [2.24, 2.45) is 0 Å². The molecule has 0 aliphatic heterocycles. The van der Waals surface area contributed by atoms with E-state index in [0.29, 0.717) is 6.61 Å². The number of methoxy groups -OCH3 is 1. The summed E-state index contributed by atoms with van der Waals surface area (Å²) in [4.78, 5) is 0. The predicted octanol–water partition coefficient (Wildman–Crippen LogP) is 2.27. The van der Waals surface area contributed by atoms with E-state index >= 15 is 0 Å². The summed E-state index contributed by atoms with van der Waals surface area (Å²) in [6.45, 7) is 8.69. The maximum absolute atomic E-state index is 5.60. The molecule has 1 radical (unpaired) electrons. The van der Waals surface area contributed by atoms with Crippen LogP contribution in [0, 0.1) is 0 Å². The maximum atomic E-state index is 5.60. The lowest BCUT2D eigenvalue weighted by molar-refractivity contribution is 0.0851. The van der Waals surface area contributed by atoms with Gasteiger partial charge in [-0.25, -0.2) is 0 Å². The zero-order valence-electron chi connectivity index (χ0n) is 9.70. The maximum Gasteiger partial charge on any atom is 0.322 e. The number of thiol groups is 1. The minimum absolute atomic E-state index is 0.182. The van der Waals surface area contributed by atoms with Gasteiger partial charge in [0.1, 0.15) is 0 Å². The van der Waals surface area contributed by atoms with Gasteiger partial charge in [-0.15, -0.1) is 0 Å². The third-order valence-corrected chi connectivity index (χ3v) is 2.85. The fourth-order valence-corrected chi connectivity index (χ4v) is 0.614. The number of rotatable bonds is 6. The first-order valence-electron chi connectivity index (χ1n) is 4.69. The molecular formula is C10H20BO2S. The highest BCUT2D eigenvalue weighted by Gasteiger charge is 2.33. The van der Waals surface area contributed by atoms with Crippen LogP contribution < -0.4 is 0 Å². The van der Waals surface area contributed by atoms with Crippen LogP contribution in [0.1, 0.15) is 27.7 Å². The third-order valence-electron chi connectivity index (χ3n) is 2.31. The molecule has 0 aromatic carbocycles. The first-order chi connectivity index (χ1) is 6.31. The van der Waals surface area contributed by atoms with Crippen molar-refractivity contribution in [3.05, 3.63) is 12.1 Å². The van der Waals surface area contributed by atoms with Crippen LogP contribution in [-0.2, 0) is 9.39 Å². The summed E-state index contributed by atoms with van der Waals surface area (Å²) in [6, 6.07) is 0. The van der Waals surface area contributed by atoms with Crippen molar-refractivity contribution in [1.82, 2.24) is 0 Å². The van der Waals surface area contributed by atoms with Crippen LogP contribution in [0.4, 0.5) is 0 Å². The van der Waals surface area contributed by atoms with E-state index in [2.05, 4.69) is 12.6 Å². The van der Waals surface area contributed by atoms with E-state index in [0.717, 1.165) is 0 Å². The molecule has 0 saturated heterocycles. The number of hydrogen-bond donors (Lipinski definition) is 1. The van der Waals surface area contributed by atoms with Gasteiger partial charge in [0.2, 0.25) is 0 Å². The van der Waals surface area contributed by atoms with Crippen LogP contribution >= 0.6 is 12.6 Å². The summed E-state index contributed by atoms with van der Waals surface area (Å²) < 4.78 is 10.3. The molecule has 0 bridgehead atoms. The van der Waals surface area contributed by atoms with Gasteiger partial charge in [0, 0.05) is 11.9 Å². The molecule has 0 aromatic rings. The smallest absolute Gasteiger partial charge is 0.322 e. The van der Waals surface area contributed by atoms with Gasteiger partial charge in [-0.2, -0.15) is 12.6 Å². The van der Waals surface area contributed by atoms with E-state index in [1.165, 1.54) is 0 Å². The van der Waals surface area contributed by atoms with Crippen LogP contribution in [0.15, 0.2) is 12.1 Å². The van der Waals surface area contributed by atoms with Crippen molar-refractivity contribution in [3.63, 3.8) is 0 Å². The Bertz CT molecular complexity index is 185. The Kier molecular flexibility index (Phi) is 5.87. The topological polar surface area (TPSA) is 18.5 Å².